The summed E-state index contributed by atoms with van der Waals surface area (Å²) in [5.41, 5.74) is 4.65. The van der Waals surface area contributed by atoms with Crippen LogP contribution in [0.15, 0.2) is 97.2 Å². The number of carbonyl (C=O) groups is 2. The Morgan fingerprint density at radius 2 is 1.67 bits per heavy atom. The summed E-state index contributed by atoms with van der Waals surface area (Å²) in [6.07, 6.45) is 3.51. The molecule has 1 amide bonds. The number of fused-ring (bicyclic) bond motifs is 1. The lowest BCUT2D eigenvalue weighted by Gasteiger charge is -2.20. The van der Waals surface area contributed by atoms with Crippen LogP contribution < -0.4 is 10.6 Å². The van der Waals surface area contributed by atoms with Crippen molar-refractivity contribution in [2.45, 2.75) is 24.9 Å². The first kappa shape index (κ1) is 28.0. The maximum atomic E-state index is 14.1. The van der Waals surface area contributed by atoms with Crippen molar-refractivity contribution in [3.05, 3.63) is 124 Å². The fraction of sp³-hybridized carbons (Fsp3) is 0.176. The van der Waals surface area contributed by atoms with Crippen LogP contribution in [0.4, 0.5) is 0 Å². The van der Waals surface area contributed by atoms with Crippen LogP contribution >= 0.6 is 18.7 Å². The highest BCUT2D eigenvalue weighted by molar-refractivity contribution is 7.70. The Labute approximate surface area is 249 Å². The van der Waals surface area contributed by atoms with Gasteiger partial charge in [0.2, 0.25) is 0 Å². The first-order valence-corrected chi connectivity index (χ1v) is 16.7. The highest BCUT2D eigenvalue weighted by atomic mass is 35.5. The number of hydrogen-bond acceptors (Lipinski definition) is 3. The van der Waals surface area contributed by atoms with Gasteiger partial charge in [-0.15, -0.1) is 0 Å². The number of benzene rings is 4. The van der Waals surface area contributed by atoms with Gasteiger partial charge in [-0.1, -0.05) is 54.1 Å². The van der Waals surface area contributed by atoms with Gasteiger partial charge in [-0.2, -0.15) is 0 Å². The van der Waals surface area contributed by atoms with Gasteiger partial charge in [0.25, 0.3) is 5.91 Å². The van der Waals surface area contributed by atoms with Gasteiger partial charge in [0.1, 0.15) is 7.14 Å². The summed E-state index contributed by atoms with van der Waals surface area (Å²) in [4.78, 5) is 25.5. The fourth-order valence-electron chi connectivity index (χ4n) is 5.50. The highest BCUT2D eigenvalue weighted by Gasteiger charge is 2.46. The predicted octanol–water partition coefficient (Wildman–Crippen LogP) is 7.38. The van der Waals surface area contributed by atoms with E-state index in [1.165, 1.54) is 0 Å². The number of amides is 1. The SMILES string of the molecule is CP(C)(=O)c1cccc(-c2cc(C(=O)NC3(c4ccc(C(=O)O)cc4)CC3)c3c(ccn3Cc3cccc(Cl)c3)c2)c1. The van der Waals surface area contributed by atoms with Gasteiger partial charge in [0, 0.05) is 28.5 Å². The van der Waals surface area contributed by atoms with Crippen LogP contribution in [0.2, 0.25) is 5.02 Å². The van der Waals surface area contributed by atoms with E-state index in [9.17, 15) is 19.3 Å². The third-order valence-corrected chi connectivity index (χ3v) is 9.69. The van der Waals surface area contributed by atoms with Crippen molar-refractivity contribution >= 4 is 46.8 Å². The summed E-state index contributed by atoms with van der Waals surface area (Å²) in [5, 5.41) is 14.9. The molecule has 1 saturated carbocycles. The van der Waals surface area contributed by atoms with Crippen molar-refractivity contribution < 1.29 is 19.3 Å². The molecule has 6 nitrogen and oxygen atoms in total. The van der Waals surface area contributed by atoms with Crippen molar-refractivity contribution in [1.29, 1.82) is 0 Å². The molecule has 42 heavy (non-hydrogen) atoms. The standard InChI is InChI=1S/C34H30ClN2O4P/c1-42(2,41)29-8-4-6-24(19-29)26-18-25-13-16-37(21-22-5-3-7-28(35)17-22)31(25)30(20-26)32(38)36-34(14-15-34)27-11-9-23(10-12-27)33(39)40/h3-13,16-20H,14-15,21H2,1-2H3,(H,36,38)(H,39,40). The van der Waals surface area contributed by atoms with Crippen LogP contribution in [-0.2, 0) is 16.6 Å². The molecule has 5 aromatic rings. The number of aromatic carboxylic acids is 1. The second kappa shape index (κ2) is 10.6. The summed E-state index contributed by atoms with van der Waals surface area (Å²) >= 11 is 6.26. The molecule has 1 fully saturated rings. The van der Waals surface area contributed by atoms with Crippen molar-refractivity contribution in [2.75, 3.05) is 13.3 Å². The third-order valence-electron chi connectivity index (χ3n) is 7.94. The molecule has 0 spiro atoms. The molecule has 2 N–H and O–H groups in total. The molecule has 6 rings (SSSR count). The first-order chi connectivity index (χ1) is 20.0. The van der Waals surface area contributed by atoms with Gasteiger partial charge in [-0.05, 0) is 97.0 Å². The molecule has 1 aliphatic carbocycles. The van der Waals surface area contributed by atoms with Crippen molar-refractivity contribution in [1.82, 2.24) is 9.88 Å². The maximum Gasteiger partial charge on any atom is 0.335 e. The Morgan fingerprint density at radius 1 is 0.929 bits per heavy atom. The summed E-state index contributed by atoms with van der Waals surface area (Å²) in [6.45, 7) is 4.04. The van der Waals surface area contributed by atoms with E-state index in [0.29, 0.717) is 17.1 Å². The maximum absolute atomic E-state index is 14.1. The van der Waals surface area contributed by atoms with Crippen LogP contribution in [-0.4, -0.2) is 34.9 Å². The lowest BCUT2D eigenvalue weighted by molar-refractivity contribution is 0.0696. The predicted molar refractivity (Wildman–Crippen MR) is 169 cm³/mol. The van der Waals surface area contributed by atoms with Gasteiger partial charge in [0.15, 0.2) is 0 Å². The normalized spacial score (nSPS) is 14.1. The average Bonchev–Trinajstić information content (AvgIpc) is 3.64. The third kappa shape index (κ3) is 5.53. The number of carboxylic acids is 1. The molecule has 8 heteroatoms. The van der Waals surface area contributed by atoms with Crippen molar-refractivity contribution in [3.8, 4) is 11.1 Å². The number of rotatable bonds is 8. The Hall–Kier alpha value is -4.12. The zero-order valence-corrected chi connectivity index (χ0v) is 25.0. The molecule has 1 aliphatic rings. The minimum atomic E-state index is -2.48. The van der Waals surface area contributed by atoms with E-state index < -0.39 is 18.7 Å². The van der Waals surface area contributed by atoms with Gasteiger partial charge < -0.3 is 19.6 Å². The molecule has 0 atom stereocenters. The lowest BCUT2D eigenvalue weighted by atomic mass is 9.98. The second-order valence-corrected chi connectivity index (χ2v) is 15.0. The van der Waals surface area contributed by atoms with E-state index in [1.54, 1.807) is 37.6 Å². The Balaban J connectivity index is 1.44. The molecule has 0 radical (unpaired) electrons. The minimum absolute atomic E-state index is 0.208. The quantitative estimate of drug-likeness (QED) is 0.183. The molecule has 0 bridgehead atoms. The number of carboxylic acid groups (broad SMARTS) is 1. The average molecular weight is 597 g/mol. The molecule has 4 aromatic carbocycles. The summed E-state index contributed by atoms with van der Waals surface area (Å²) in [5.74, 6) is -1.19. The smallest absolute Gasteiger partial charge is 0.335 e. The van der Waals surface area contributed by atoms with E-state index in [4.69, 9.17) is 11.6 Å². The number of nitrogens with one attached hydrogen (secondary N) is 1. The molecular weight excluding hydrogens is 567 g/mol. The molecule has 212 valence electrons. The lowest BCUT2D eigenvalue weighted by Crippen LogP contribution is -2.35. The van der Waals surface area contributed by atoms with Gasteiger partial charge >= 0.3 is 5.97 Å². The van der Waals surface area contributed by atoms with Crippen LogP contribution in [0, 0.1) is 0 Å². The van der Waals surface area contributed by atoms with E-state index in [0.717, 1.165) is 51.3 Å². The van der Waals surface area contributed by atoms with Crippen molar-refractivity contribution in [2.24, 2.45) is 0 Å². The Kier molecular flexibility index (Phi) is 7.08. The van der Waals surface area contributed by atoms with Crippen LogP contribution in [0.25, 0.3) is 22.0 Å². The number of nitrogens with zero attached hydrogens (tertiary/aromatic N) is 1. The number of aromatic nitrogens is 1. The van der Waals surface area contributed by atoms with Crippen LogP contribution in [0.5, 0.6) is 0 Å². The topological polar surface area (TPSA) is 88.4 Å². The number of halogens is 1. The Bertz CT molecular complexity index is 1900. The fourth-order valence-corrected chi connectivity index (χ4v) is 6.61. The van der Waals surface area contributed by atoms with Gasteiger partial charge in [-0.3, -0.25) is 4.79 Å². The number of carbonyl (C=O) groups excluding carboxylic acids is 1. The highest BCUT2D eigenvalue weighted by Crippen LogP contribution is 2.46. The monoisotopic (exact) mass is 596 g/mol. The first-order valence-electron chi connectivity index (χ1n) is 13.7. The zero-order chi connectivity index (χ0) is 29.6. The second-order valence-electron chi connectivity index (χ2n) is 11.4. The molecule has 0 saturated heterocycles. The summed E-state index contributed by atoms with van der Waals surface area (Å²) in [6, 6.07) is 28.1. The molecule has 1 aromatic heterocycles. The van der Waals surface area contributed by atoms with Crippen LogP contribution in [0.3, 0.4) is 0 Å². The van der Waals surface area contributed by atoms with E-state index in [2.05, 4.69) is 16.0 Å². The summed E-state index contributed by atoms with van der Waals surface area (Å²) < 4.78 is 14.9. The van der Waals surface area contributed by atoms with E-state index in [1.807, 2.05) is 66.9 Å². The van der Waals surface area contributed by atoms with Crippen molar-refractivity contribution in [3.63, 3.8) is 0 Å². The molecule has 0 aliphatic heterocycles. The van der Waals surface area contributed by atoms with E-state index in [-0.39, 0.29) is 11.5 Å². The van der Waals surface area contributed by atoms with E-state index >= 15 is 0 Å². The minimum Gasteiger partial charge on any atom is -0.478 e. The zero-order valence-electron chi connectivity index (χ0n) is 23.3. The van der Waals surface area contributed by atoms with Gasteiger partial charge in [-0.25, -0.2) is 4.79 Å². The largest absolute Gasteiger partial charge is 0.478 e. The molecule has 0 unspecified atom stereocenters. The van der Waals surface area contributed by atoms with Gasteiger partial charge in [0.05, 0.1) is 22.2 Å². The number of hydrogen-bond donors (Lipinski definition) is 2. The molecular formula is C34H30ClN2O4P. The molecule has 1 heterocycles. The summed E-state index contributed by atoms with van der Waals surface area (Å²) in [7, 11) is -2.48. The van der Waals surface area contributed by atoms with Crippen LogP contribution in [0.1, 0.15) is 44.7 Å². The Morgan fingerprint density at radius 3 is 2.33 bits per heavy atom.